The Morgan fingerprint density at radius 3 is 2.51 bits per heavy atom. The molecule has 0 fully saturated rings. The predicted molar refractivity (Wildman–Crippen MR) is 133 cm³/mol. The number of amides is 3. The summed E-state index contributed by atoms with van der Waals surface area (Å²) in [5, 5.41) is 8.66. The maximum atomic E-state index is 12.7. The molecular formula is C25H26F3N7O2. The second-order valence-electron chi connectivity index (χ2n) is 9.17. The van der Waals surface area contributed by atoms with E-state index in [0.717, 1.165) is 0 Å². The van der Waals surface area contributed by atoms with Crippen molar-refractivity contribution in [3.8, 4) is 22.5 Å². The lowest BCUT2D eigenvalue weighted by Crippen LogP contribution is -2.44. The first-order valence-corrected chi connectivity index (χ1v) is 11.3. The molecule has 12 heteroatoms. The molecule has 0 spiro atoms. The van der Waals surface area contributed by atoms with Crippen molar-refractivity contribution in [3.63, 3.8) is 0 Å². The van der Waals surface area contributed by atoms with Crippen LogP contribution in [-0.2, 0) is 10.3 Å². The number of halogens is 3. The van der Waals surface area contributed by atoms with Gasteiger partial charge in [-0.25, -0.2) is 9.78 Å². The standard InChI is InChI=1S/C25H26F3N7O2/c1-24(2,22(36)33(3)4)35-14-17(13-30-35)20-21(34-11-6-5-10-19(34)32-20)16-8-7-9-18(12-16)31-23(37)29-15-25(26,27)28/h5-14H,15H2,1-4H3,(H2,29,31,37). The summed E-state index contributed by atoms with van der Waals surface area (Å²) in [5.74, 6) is -0.125. The van der Waals surface area contributed by atoms with Crippen LogP contribution in [0.5, 0.6) is 0 Å². The molecule has 0 unspecified atom stereocenters. The van der Waals surface area contributed by atoms with Gasteiger partial charge in [0.25, 0.3) is 0 Å². The largest absolute Gasteiger partial charge is 0.405 e. The first-order chi connectivity index (χ1) is 17.4. The van der Waals surface area contributed by atoms with Crippen LogP contribution in [0.25, 0.3) is 28.2 Å². The number of carbonyl (C=O) groups is 2. The van der Waals surface area contributed by atoms with Gasteiger partial charge >= 0.3 is 12.2 Å². The molecule has 3 aromatic heterocycles. The molecule has 0 atom stereocenters. The topological polar surface area (TPSA) is 96.6 Å². The number of fused-ring (bicyclic) bond motifs is 1. The predicted octanol–water partition coefficient (Wildman–Crippen LogP) is 4.37. The Balaban J connectivity index is 1.73. The molecule has 3 heterocycles. The van der Waals surface area contributed by atoms with Crippen LogP contribution < -0.4 is 10.6 Å². The van der Waals surface area contributed by atoms with Crippen molar-refractivity contribution in [1.82, 2.24) is 29.4 Å². The number of likely N-dealkylation sites (N-methyl/N-ethyl adjacent to an activating group) is 1. The molecule has 0 aliphatic carbocycles. The van der Waals surface area contributed by atoms with E-state index in [2.05, 4.69) is 10.4 Å². The third-order valence-electron chi connectivity index (χ3n) is 5.73. The average molecular weight is 514 g/mol. The lowest BCUT2D eigenvalue weighted by atomic mass is 10.0. The highest BCUT2D eigenvalue weighted by Crippen LogP contribution is 2.34. The third-order valence-corrected chi connectivity index (χ3v) is 5.73. The van der Waals surface area contributed by atoms with Gasteiger partial charge in [0.2, 0.25) is 5.91 Å². The Bertz CT molecular complexity index is 1450. The van der Waals surface area contributed by atoms with Crippen LogP contribution in [-0.4, -0.2) is 62.8 Å². The lowest BCUT2D eigenvalue weighted by Gasteiger charge is -2.27. The Hall–Kier alpha value is -4.35. The zero-order chi connectivity index (χ0) is 27.0. The molecular weight excluding hydrogens is 487 g/mol. The van der Waals surface area contributed by atoms with E-state index in [1.807, 2.05) is 34.9 Å². The number of urea groups is 1. The zero-order valence-corrected chi connectivity index (χ0v) is 20.7. The van der Waals surface area contributed by atoms with Crippen LogP contribution in [0.4, 0.5) is 23.7 Å². The number of benzene rings is 1. The minimum Gasteiger partial charge on any atom is -0.347 e. The normalized spacial score (nSPS) is 12.0. The van der Waals surface area contributed by atoms with E-state index in [-0.39, 0.29) is 5.91 Å². The second-order valence-corrected chi connectivity index (χ2v) is 9.17. The third kappa shape index (κ3) is 5.42. The second kappa shape index (κ2) is 9.60. The van der Waals surface area contributed by atoms with Gasteiger partial charge in [-0.1, -0.05) is 18.2 Å². The number of rotatable bonds is 6. The van der Waals surface area contributed by atoms with E-state index in [1.54, 1.807) is 68.5 Å². The fourth-order valence-electron chi connectivity index (χ4n) is 3.97. The minimum absolute atomic E-state index is 0.125. The Morgan fingerprint density at radius 2 is 1.81 bits per heavy atom. The quantitative estimate of drug-likeness (QED) is 0.400. The van der Waals surface area contributed by atoms with Crippen molar-refractivity contribution < 1.29 is 22.8 Å². The number of aromatic nitrogens is 4. The summed E-state index contributed by atoms with van der Waals surface area (Å²) >= 11 is 0. The SMILES string of the molecule is CN(C)C(=O)C(C)(C)n1cc(-c2nc3ccccn3c2-c2cccc(NC(=O)NCC(F)(F)F)c2)cn1. The summed E-state index contributed by atoms with van der Waals surface area (Å²) in [6.07, 6.45) is 0.698. The summed E-state index contributed by atoms with van der Waals surface area (Å²) in [6.45, 7) is 2.11. The van der Waals surface area contributed by atoms with Gasteiger partial charge in [0.1, 0.15) is 23.4 Å². The van der Waals surface area contributed by atoms with Gasteiger partial charge in [0.15, 0.2) is 0 Å². The Kier molecular flexibility index (Phi) is 6.68. The van der Waals surface area contributed by atoms with Gasteiger partial charge in [-0.15, -0.1) is 0 Å². The van der Waals surface area contributed by atoms with Gasteiger partial charge in [0.05, 0.1) is 11.9 Å². The maximum absolute atomic E-state index is 12.7. The molecule has 2 N–H and O–H groups in total. The van der Waals surface area contributed by atoms with Crippen molar-refractivity contribution in [2.45, 2.75) is 25.6 Å². The molecule has 0 aliphatic heterocycles. The number of nitrogens with one attached hydrogen (secondary N) is 2. The highest BCUT2D eigenvalue weighted by atomic mass is 19.4. The maximum Gasteiger partial charge on any atom is 0.405 e. The zero-order valence-electron chi connectivity index (χ0n) is 20.7. The van der Waals surface area contributed by atoms with Crippen LogP contribution in [0, 0.1) is 0 Å². The molecule has 0 aliphatic rings. The monoisotopic (exact) mass is 513 g/mol. The summed E-state index contributed by atoms with van der Waals surface area (Å²) < 4.78 is 40.8. The molecule has 194 valence electrons. The fraction of sp³-hybridized carbons (Fsp3) is 0.280. The van der Waals surface area contributed by atoms with Gasteiger partial charge in [-0.05, 0) is 38.1 Å². The molecule has 1 aromatic carbocycles. The van der Waals surface area contributed by atoms with E-state index in [1.165, 1.54) is 4.90 Å². The van der Waals surface area contributed by atoms with E-state index >= 15 is 0 Å². The molecule has 0 bridgehead atoms. The highest BCUT2D eigenvalue weighted by molar-refractivity contribution is 5.91. The van der Waals surface area contributed by atoms with Crippen molar-refractivity contribution in [3.05, 3.63) is 61.1 Å². The van der Waals surface area contributed by atoms with Gasteiger partial charge in [-0.3, -0.25) is 13.9 Å². The fourth-order valence-corrected chi connectivity index (χ4v) is 3.97. The summed E-state index contributed by atoms with van der Waals surface area (Å²) in [7, 11) is 3.36. The minimum atomic E-state index is -4.51. The number of alkyl halides is 3. The van der Waals surface area contributed by atoms with Crippen molar-refractivity contribution in [2.24, 2.45) is 0 Å². The van der Waals surface area contributed by atoms with E-state index < -0.39 is 24.3 Å². The van der Waals surface area contributed by atoms with Gasteiger partial charge in [-0.2, -0.15) is 18.3 Å². The molecule has 0 saturated carbocycles. The molecule has 4 aromatic rings. The number of hydrogen-bond donors (Lipinski definition) is 2. The molecule has 9 nitrogen and oxygen atoms in total. The first kappa shape index (κ1) is 25.7. The summed E-state index contributed by atoms with van der Waals surface area (Å²) in [5.41, 5.74) is 2.63. The average Bonchev–Trinajstić information content (AvgIpc) is 3.47. The van der Waals surface area contributed by atoms with E-state index in [4.69, 9.17) is 4.98 Å². The number of imidazole rings is 1. The van der Waals surface area contributed by atoms with Crippen molar-refractivity contribution in [2.75, 3.05) is 26.0 Å². The molecule has 4 rings (SSSR count). The first-order valence-electron chi connectivity index (χ1n) is 11.3. The number of carbonyl (C=O) groups excluding carboxylic acids is 2. The molecule has 3 amide bonds. The van der Waals surface area contributed by atoms with E-state index in [0.29, 0.717) is 33.8 Å². The lowest BCUT2D eigenvalue weighted by molar-refractivity contribution is -0.137. The molecule has 0 saturated heterocycles. The Labute approximate surface area is 210 Å². The van der Waals surface area contributed by atoms with Gasteiger partial charge < -0.3 is 15.5 Å². The van der Waals surface area contributed by atoms with Crippen molar-refractivity contribution in [1.29, 1.82) is 0 Å². The number of nitrogens with zero attached hydrogens (tertiary/aromatic N) is 5. The molecule has 37 heavy (non-hydrogen) atoms. The summed E-state index contributed by atoms with van der Waals surface area (Å²) in [4.78, 5) is 31.0. The molecule has 0 radical (unpaired) electrons. The van der Waals surface area contributed by atoms with E-state index in [9.17, 15) is 22.8 Å². The number of pyridine rings is 1. The van der Waals surface area contributed by atoms with Crippen LogP contribution in [0.1, 0.15) is 13.8 Å². The van der Waals surface area contributed by atoms with Gasteiger partial charge in [0, 0.05) is 43.3 Å². The van der Waals surface area contributed by atoms with Crippen LogP contribution in [0.3, 0.4) is 0 Å². The summed E-state index contributed by atoms with van der Waals surface area (Å²) in [6, 6.07) is 11.3. The van der Waals surface area contributed by atoms with Crippen LogP contribution >= 0.6 is 0 Å². The van der Waals surface area contributed by atoms with Crippen molar-refractivity contribution >= 4 is 23.3 Å². The smallest absolute Gasteiger partial charge is 0.347 e. The Morgan fingerprint density at radius 1 is 1.05 bits per heavy atom. The number of anilines is 1. The van der Waals surface area contributed by atoms with Crippen LogP contribution in [0.15, 0.2) is 61.1 Å². The van der Waals surface area contributed by atoms with Crippen LogP contribution in [0.2, 0.25) is 0 Å². The number of hydrogen-bond acceptors (Lipinski definition) is 4. The highest BCUT2D eigenvalue weighted by Gasteiger charge is 2.32.